The summed E-state index contributed by atoms with van der Waals surface area (Å²) in [7, 11) is 0. The highest BCUT2D eigenvalue weighted by Crippen LogP contribution is 2.38. The van der Waals surface area contributed by atoms with Gasteiger partial charge >= 0.3 is 5.97 Å². The van der Waals surface area contributed by atoms with Gasteiger partial charge in [-0.05, 0) is 34.2 Å². The number of ether oxygens (including phenoxy) is 1. The first-order chi connectivity index (χ1) is 9.29. The van der Waals surface area contributed by atoms with Crippen LogP contribution in [0.5, 0.6) is 0 Å². The highest BCUT2D eigenvalue weighted by Gasteiger charge is 2.20. The van der Waals surface area contributed by atoms with Crippen molar-refractivity contribution in [3.8, 4) is 11.1 Å². The van der Waals surface area contributed by atoms with Gasteiger partial charge in [-0.3, -0.25) is 4.79 Å². The monoisotopic (exact) mass is 252 g/mol. The molecule has 0 N–H and O–H groups in total. The molecule has 2 aromatic rings. The van der Waals surface area contributed by atoms with Gasteiger partial charge in [0.05, 0.1) is 0 Å². The predicted octanol–water partition coefficient (Wildman–Crippen LogP) is 2.50. The van der Waals surface area contributed by atoms with Crippen LogP contribution in [0.3, 0.4) is 0 Å². The molecule has 0 fully saturated rings. The summed E-state index contributed by atoms with van der Waals surface area (Å²) in [5.41, 5.74) is 5.86. The largest absolute Gasteiger partial charge is 0.455 e. The number of carbonyl (C=O) groups excluding carboxylic acids is 2. The van der Waals surface area contributed by atoms with Crippen LogP contribution in [-0.2, 0) is 27.4 Å². The highest BCUT2D eigenvalue weighted by molar-refractivity contribution is 6.20. The van der Waals surface area contributed by atoms with Gasteiger partial charge in [0.15, 0.2) is 0 Å². The minimum absolute atomic E-state index is 0.148. The number of hydrogen-bond donors (Lipinski definition) is 0. The maximum Gasteiger partial charge on any atom is 0.371 e. The van der Waals surface area contributed by atoms with E-state index in [9.17, 15) is 9.59 Å². The van der Waals surface area contributed by atoms with Gasteiger partial charge in [-0.1, -0.05) is 42.5 Å². The zero-order chi connectivity index (χ0) is 13.2. The Morgan fingerprint density at radius 3 is 2.74 bits per heavy atom. The number of aldehydes is 1. The second-order valence-electron chi connectivity index (χ2n) is 4.50. The number of benzene rings is 2. The van der Waals surface area contributed by atoms with Crippen molar-refractivity contribution in [2.75, 3.05) is 0 Å². The van der Waals surface area contributed by atoms with E-state index in [4.69, 9.17) is 4.74 Å². The van der Waals surface area contributed by atoms with Crippen LogP contribution in [0, 0.1) is 0 Å². The Hall–Kier alpha value is -2.42. The second-order valence-corrected chi connectivity index (χ2v) is 4.50. The average molecular weight is 252 g/mol. The Labute approximate surface area is 110 Å². The van der Waals surface area contributed by atoms with Gasteiger partial charge in [-0.2, -0.15) is 0 Å². The molecule has 3 heteroatoms. The molecule has 2 aromatic carbocycles. The van der Waals surface area contributed by atoms with Gasteiger partial charge < -0.3 is 4.74 Å². The van der Waals surface area contributed by atoms with E-state index in [0.29, 0.717) is 0 Å². The Morgan fingerprint density at radius 1 is 1.11 bits per heavy atom. The number of hydrogen-bond acceptors (Lipinski definition) is 3. The smallest absolute Gasteiger partial charge is 0.371 e. The number of esters is 1. The summed E-state index contributed by atoms with van der Waals surface area (Å²) in [6.07, 6.45) is 1.04. The Bertz CT molecular complexity index is 659. The third-order valence-electron chi connectivity index (χ3n) is 3.41. The van der Waals surface area contributed by atoms with Crippen LogP contribution in [0.25, 0.3) is 11.1 Å². The van der Waals surface area contributed by atoms with Gasteiger partial charge in [0.2, 0.25) is 6.29 Å². The zero-order valence-electron chi connectivity index (χ0n) is 10.3. The lowest BCUT2D eigenvalue weighted by atomic mass is 10.0. The summed E-state index contributed by atoms with van der Waals surface area (Å²) in [5.74, 6) is -0.826. The van der Waals surface area contributed by atoms with Crippen LogP contribution in [0.15, 0.2) is 42.5 Å². The SMILES string of the molecule is O=CC(=O)OCc1cccc2c1Cc1ccccc1-2. The summed E-state index contributed by atoms with van der Waals surface area (Å²) >= 11 is 0. The molecule has 0 atom stereocenters. The Balaban J connectivity index is 1.94. The van der Waals surface area contributed by atoms with Crippen molar-refractivity contribution in [1.29, 1.82) is 0 Å². The van der Waals surface area contributed by atoms with Crippen molar-refractivity contribution in [2.24, 2.45) is 0 Å². The molecule has 1 aliphatic carbocycles. The Kier molecular flexibility index (Phi) is 2.88. The second kappa shape index (κ2) is 4.69. The molecule has 0 amide bonds. The van der Waals surface area contributed by atoms with E-state index in [1.54, 1.807) is 0 Å². The maximum absolute atomic E-state index is 10.9. The fraction of sp³-hybridized carbons (Fsp3) is 0.125. The van der Waals surface area contributed by atoms with Crippen LogP contribution in [0.4, 0.5) is 0 Å². The molecule has 0 aliphatic heterocycles. The molecular weight excluding hydrogens is 240 g/mol. The van der Waals surface area contributed by atoms with Gasteiger partial charge in [-0.25, -0.2) is 4.79 Å². The molecule has 0 unspecified atom stereocenters. The van der Waals surface area contributed by atoms with Gasteiger partial charge in [0, 0.05) is 0 Å². The topological polar surface area (TPSA) is 43.4 Å². The summed E-state index contributed by atoms with van der Waals surface area (Å²) in [6, 6.07) is 14.2. The first kappa shape index (κ1) is 11.7. The van der Waals surface area contributed by atoms with Gasteiger partial charge in [0.1, 0.15) is 6.61 Å². The molecule has 1 aliphatic rings. The number of fused-ring (bicyclic) bond motifs is 3. The van der Waals surface area contributed by atoms with Crippen molar-refractivity contribution in [3.63, 3.8) is 0 Å². The average Bonchev–Trinajstić information content (AvgIpc) is 2.84. The van der Waals surface area contributed by atoms with E-state index >= 15 is 0 Å². The lowest BCUT2D eigenvalue weighted by Gasteiger charge is -2.08. The van der Waals surface area contributed by atoms with Gasteiger partial charge in [-0.15, -0.1) is 0 Å². The first-order valence-corrected chi connectivity index (χ1v) is 6.10. The summed E-state index contributed by atoms with van der Waals surface area (Å²) in [6.45, 7) is 0.148. The van der Waals surface area contributed by atoms with Crippen LogP contribution in [0.2, 0.25) is 0 Å². The first-order valence-electron chi connectivity index (χ1n) is 6.10. The maximum atomic E-state index is 10.9. The number of carbonyl (C=O) groups is 2. The fourth-order valence-electron chi connectivity index (χ4n) is 2.54. The number of rotatable bonds is 3. The molecule has 0 saturated carbocycles. The molecule has 3 rings (SSSR count). The van der Waals surface area contributed by atoms with E-state index in [1.165, 1.54) is 22.3 Å². The van der Waals surface area contributed by atoms with E-state index < -0.39 is 5.97 Å². The minimum atomic E-state index is -0.826. The quantitative estimate of drug-likeness (QED) is 0.408. The molecule has 0 aromatic heterocycles. The Morgan fingerprint density at radius 2 is 1.89 bits per heavy atom. The fourth-order valence-corrected chi connectivity index (χ4v) is 2.54. The standard InChI is InChI=1S/C16H12O3/c17-9-16(18)19-10-12-5-3-7-14-13-6-2-1-4-11(13)8-15(12)14/h1-7,9H,8,10H2. The summed E-state index contributed by atoms with van der Waals surface area (Å²) in [5, 5.41) is 0. The van der Waals surface area contributed by atoms with Gasteiger partial charge in [0.25, 0.3) is 0 Å². The molecule has 0 radical (unpaired) electrons. The lowest BCUT2D eigenvalue weighted by Crippen LogP contribution is -2.06. The van der Waals surface area contributed by atoms with E-state index in [1.807, 2.05) is 24.3 Å². The van der Waals surface area contributed by atoms with Crippen molar-refractivity contribution in [1.82, 2.24) is 0 Å². The molecule has 0 heterocycles. The minimum Gasteiger partial charge on any atom is -0.455 e. The molecule has 0 bridgehead atoms. The molecular formula is C16H12O3. The van der Waals surface area contributed by atoms with Crippen molar-refractivity contribution in [2.45, 2.75) is 13.0 Å². The van der Waals surface area contributed by atoms with Crippen molar-refractivity contribution >= 4 is 12.3 Å². The summed E-state index contributed by atoms with van der Waals surface area (Å²) in [4.78, 5) is 21.2. The lowest BCUT2D eigenvalue weighted by molar-refractivity contribution is -0.149. The normalized spacial score (nSPS) is 11.6. The van der Waals surface area contributed by atoms with E-state index in [2.05, 4.69) is 18.2 Å². The van der Waals surface area contributed by atoms with Crippen LogP contribution in [-0.4, -0.2) is 12.3 Å². The van der Waals surface area contributed by atoms with E-state index in [-0.39, 0.29) is 12.9 Å². The van der Waals surface area contributed by atoms with Crippen LogP contribution in [0.1, 0.15) is 16.7 Å². The molecule has 94 valence electrons. The molecule has 3 nitrogen and oxygen atoms in total. The zero-order valence-corrected chi connectivity index (χ0v) is 10.3. The molecule has 0 spiro atoms. The predicted molar refractivity (Wildman–Crippen MR) is 70.5 cm³/mol. The third-order valence-corrected chi connectivity index (χ3v) is 3.41. The van der Waals surface area contributed by atoms with Crippen LogP contribution < -0.4 is 0 Å². The van der Waals surface area contributed by atoms with Crippen molar-refractivity contribution in [3.05, 3.63) is 59.2 Å². The highest BCUT2D eigenvalue weighted by atomic mass is 16.5. The molecule has 19 heavy (non-hydrogen) atoms. The van der Waals surface area contributed by atoms with Crippen molar-refractivity contribution < 1.29 is 14.3 Å². The van der Waals surface area contributed by atoms with Crippen LogP contribution >= 0.6 is 0 Å². The summed E-state index contributed by atoms with van der Waals surface area (Å²) < 4.78 is 4.89. The molecule has 0 saturated heterocycles. The van der Waals surface area contributed by atoms with E-state index in [0.717, 1.165) is 12.0 Å². The third kappa shape index (κ3) is 2.03.